The van der Waals surface area contributed by atoms with E-state index >= 15 is 0 Å². The van der Waals surface area contributed by atoms with Crippen LogP contribution in [0.1, 0.15) is 30.8 Å². The highest BCUT2D eigenvalue weighted by Gasteiger charge is 2.30. The predicted molar refractivity (Wildman–Crippen MR) is 55.8 cm³/mol. The first-order valence-corrected chi connectivity index (χ1v) is 5.40. The van der Waals surface area contributed by atoms with Gasteiger partial charge in [0.25, 0.3) is 0 Å². The molecule has 1 aliphatic heterocycles. The second kappa shape index (κ2) is 4.14. The fourth-order valence-corrected chi connectivity index (χ4v) is 2.00. The minimum atomic E-state index is 0.0157. The predicted octanol–water partition coefficient (Wildman–Crippen LogP) is 1.51. The van der Waals surface area contributed by atoms with E-state index in [1.807, 2.05) is 13.8 Å². The zero-order valence-electron chi connectivity index (χ0n) is 9.14. The van der Waals surface area contributed by atoms with E-state index < -0.39 is 0 Å². The number of rotatable bonds is 3. The summed E-state index contributed by atoms with van der Waals surface area (Å²) in [6.45, 7) is 5.27. The standard InChI is InChI=1S/C11H16N2O2/c1-3-13-10(4-5-12-13)11(14)9-6-8(2)15-7-9/h4-5,8-9H,3,6-7H2,1-2H3. The number of hydrogen-bond donors (Lipinski definition) is 0. The fourth-order valence-electron chi connectivity index (χ4n) is 2.00. The molecule has 1 aliphatic rings. The van der Waals surface area contributed by atoms with E-state index in [-0.39, 0.29) is 17.8 Å². The van der Waals surface area contributed by atoms with Crippen molar-refractivity contribution in [1.29, 1.82) is 0 Å². The molecule has 0 amide bonds. The topological polar surface area (TPSA) is 44.1 Å². The van der Waals surface area contributed by atoms with Crippen LogP contribution in [0.5, 0.6) is 0 Å². The summed E-state index contributed by atoms with van der Waals surface area (Å²) in [6.07, 6.45) is 2.71. The Morgan fingerprint density at radius 1 is 1.73 bits per heavy atom. The van der Waals surface area contributed by atoms with Crippen LogP contribution in [0.3, 0.4) is 0 Å². The third-order valence-corrected chi connectivity index (χ3v) is 2.84. The Hall–Kier alpha value is -1.16. The van der Waals surface area contributed by atoms with Crippen molar-refractivity contribution < 1.29 is 9.53 Å². The van der Waals surface area contributed by atoms with E-state index in [1.54, 1.807) is 16.9 Å². The maximum absolute atomic E-state index is 12.1. The number of aryl methyl sites for hydroxylation is 1. The second-order valence-electron chi connectivity index (χ2n) is 3.97. The second-order valence-corrected chi connectivity index (χ2v) is 3.97. The van der Waals surface area contributed by atoms with Crippen LogP contribution in [0, 0.1) is 5.92 Å². The molecule has 1 aromatic rings. The molecule has 15 heavy (non-hydrogen) atoms. The van der Waals surface area contributed by atoms with E-state index in [4.69, 9.17) is 4.74 Å². The lowest BCUT2D eigenvalue weighted by molar-refractivity contribution is 0.0867. The van der Waals surface area contributed by atoms with E-state index in [0.29, 0.717) is 12.3 Å². The van der Waals surface area contributed by atoms with Crippen LogP contribution in [-0.4, -0.2) is 28.3 Å². The van der Waals surface area contributed by atoms with Crippen LogP contribution < -0.4 is 0 Å². The molecule has 0 aromatic carbocycles. The number of ketones is 1. The highest BCUT2D eigenvalue weighted by atomic mass is 16.5. The molecule has 0 bridgehead atoms. The van der Waals surface area contributed by atoms with Crippen molar-refractivity contribution in [2.24, 2.45) is 5.92 Å². The average Bonchev–Trinajstić information content (AvgIpc) is 2.84. The van der Waals surface area contributed by atoms with Crippen molar-refractivity contribution in [3.8, 4) is 0 Å². The van der Waals surface area contributed by atoms with Crippen molar-refractivity contribution in [2.45, 2.75) is 32.9 Å². The Balaban J connectivity index is 2.14. The van der Waals surface area contributed by atoms with Crippen molar-refractivity contribution in [3.63, 3.8) is 0 Å². The molecular formula is C11H16N2O2. The Morgan fingerprint density at radius 2 is 2.53 bits per heavy atom. The van der Waals surface area contributed by atoms with Crippen LogP contribution in [0.2, 0.25) is 0 Å². The Labute approximate surface area is 89.2 Å². The molecule has 2 atom stereocenters. The monoisotopic (exact) mass is 208 g/mol. The van der Waals surface area contributed by atoms with Crippen LogP contribution in [0.15, 0.2) is 12.3 Å². The summed E-state index contributed by atoms with van der Waals surface area (Å²) < 4.78 is 7.15. The van der Waals surface area contributed by atoms with Gasteiger partial charge in [-0.3, -0.25) is 9.48 Å². The van der Waals surface area contributed by atoms with E-state index in [0.717, 1.165) is 13.0 Å². The molecular weight excluding hydrogens is 192 g/mol. The van der Waals surface area contributed by atoms with Crippen LogP contribution in [-0.2, 0) is 11.3 Å². The SMILES string of the molecule is CCn1nccc1C(=O)C1COC(C)C1. The van der Waals surface area contributed by atoms with E-state index in [1.165, 1.54) is 0 Å². The molecule has 1 aromatic heterocycles. The molecule has 0 aliphatic carbocycles. The molecule has 1 fully saturated rings. The number of Topliss-reactive ketones (excluding diaryl/α,β-unsaturated/α-hetero) is 1. The van der Waals surface area contributed by atoms with Gasteiger partial charge in [-0.15, -0.1) is 0 Å². The molecule has 4 heteroatoms. The zero-order valence-corrected chi connectivity index (χ0v) is 9.14. The summed E-state index contributed by atoms with van der Waals surface area (Å²) in [5.41, 5.74) is 0.709. The summed E-state index contributed by atoms with van der Waals surface area (Å²) in [7, 11) is 0. The summed E-state index contributed by atoms with van der Waals surface area (Å²) in [5, 5.41) is 4.10. The molecule has 2 heterocycles. The zero-order chi connectivity index (χ0) is 10.8. The third kappa shape index (κ3) is 1.95. The third-order valence-electron chi connectivity index (χ3n) is 2.84. The summed E-state index contributed by atoms with van der Waals surface area (Å²) in [6, 6.07) is 1.79. The molecule has 2 unspecified atom stereocenters. The molecule has 2 rings (SSSR count). The summed E-state index contributed by atoms with van der Waals surface area (Å²) in [5.74, 6) is 0.181. The van der Waals surface area contributed by atoms with Crippen molar-refractivity contribution in [3.05, 3.63) is 18.0 Å². The molecule has 0 N–H and O–H groups in total. The largest absolute Gasteiger partial charge is 0.378 e. The first-order valence-electron chi connectivity index (χ1n) is 5.40. The molecule has 1 saturated heterocycles. The fraction of sp³-hybridized carbons (Fsp3) is 0.636. The normalized spacial score (nSPS) is 25.7. The number of nitrogens with zero attached hydrogens (tertiary/aromatic N) is 2. The molecule has 0 spiro atoms. The van der Waals surface area contributed by atoms with Gasteiger partial charge in [-0.1, -0.05) is 0 Å². The Bertz CT molecular complexity index is 359. The molecule has 0 saturated carbocycles. The summed E-state index contributed by atoms with van der Waals surface area (Å²) >= 11 is 0. The smallest absolute Gasteiger partial charge is 0.186 e. The lowest BCUT2D eigenvalue weighted by Crippen LogP contribution is -2.19. The highest BCUT2D eigenvalue weighted by molar-refractivity contribution is 5.96. The molecule has 82 valence electrons. The van der Waals surface area contributed by atoms with Gasteiger partial charge in [0.15, 0.2) is 5.78 Å². The van der Waals surface area contributed by atoms with Gasteiger partial charge in [0.2, 0.25) is 0 Å². The number of aromatic nitrogens is 2. The van der Waals surface area contributed by atoms with Crippen LogP contribution in [0.4, 0.5) is 0 Å². The van der Waals surface area contributed by atoms with Gasteiger partial charge in [-0.05, 0) is 26.3 Å². The number of hydrogen-bond acceptors (Lipinski definition) is 3. The molecule has 4 nitrogen and oxygen atoms in total. The van der Waals surface area contributed by atoms with Crippen molar-refractivity contribution >= 4 is 5.78 Å². The minimum Gasteiger partial charge on any atom is -0.378 e. The lowest BCUT2D eigenvalue weighted by Gasteiger charge is -2.07. The van der Waals surface area contributed by atoms with Gasteiger partial charge >= 0.3 is 0 Å². The van der Waals surface area contributed by atoms with Gasteiger partial charge in [-0.25, -0.2) is 0 Å². The number of carbonyl (C=O) groups is 1. The highest BCUT2D eigenvalue weighted by Crippen LogP contribution is 2.22. The maximum atomic E-state index is 12.1. The van der Waals surface area contributed by atoms with Crippen molar-refractivity contribution in [2.75, 3.05) is 6.61 Å². The van der Waals surface area contributed by atoms with Gasteiger partial charge in [0, 0.05) is 18.7 Å². The first kappa shape index (κ1) is 10.4. The van der Waals surface area contributed by atoms with Crippen molar-refractivity contribution in [1.82, 2.24) is 9.78 Å². The van der Waals surface area contributed by atoms with E-state index in [9.17, 15) is 4.79 Å². The van der Waals surface area contributed by atoms with E-state index in [2.05, 4.69) is 5.10 Å². The Morgan fingerprint density at radius 3 is 3.13 bits per heavy atom. The molecule has 0 radical (unpaired) electrons. The lowest BCUT2D eigenvalue weighted by atomic mass is 9.99. The van der Waals surface area contributed by atoms with Crippen LogP contribution >= 0.6 is 0 Å². The van der Waals surface area contributed by atoms with Gasteiger partial charge < -0.3 is 4.74 Å². The van der Waals surface area contributed by atoms with Crippen LogP contribution in [0.25, 0.3) is 0 Å². The first-order chi connectivity index (χ1) is 7.22. The Kier molecular flexibility index (Phi) is 2.86. The van der Waals surface area contributed by atoms with Gasteiger partial charge in [0.05, 0.1) is 12.7 Å². The average molecular weight is 208 g/mol. The minimum absolute atomic E-state index is 0.0157. The van der Waals surface area contributed by atoms with Gasteiger partial charge in [-0.2, -0.15) is 5.10 Å². The summed E-state index contributed by atoms with van der Waals surface area (Å²) in [4.78, 5) is 12.1. The number of carbonyl (C=O) groups excluding carboxylic acids is 1. The van der Waals surface area contributed by atoms with Gasteiger partial charge in [0.1, 0.15) is 5.69 Å². The quantitative estimate of drug-likeness (QED) is 0.707. The number of ether oxygens (including phenoxy) is 1. The maximum Gasteiger partial charge on any atom is 0.186 e.